The molecular formula is C39H63N3O8. The van der Waals surface area contributed by atoms with E-state index >= 15 is 0 Å². The monoisotopic (exact) mass is 701 g/mol. The minimum atomic E-state index is -1.46. The fourth-order valence-electron chi connectivity index (χ4n) is 7.56. The Bertz CT molecular complexity index is 1200. The Labute approximate surface area is 299 Å². The van der Waals surface area contributed by atoms with Gasteiger partial charge in [-0.15, -0.1) is 0 Å². The van der Waals surface area contributed by atoms with E-state index in [-0.39, 0.29) is 49.8 Å². The molecule has 2 amide bonds. The van der Waals surface area contributed by atoms with Crippen LogP contribution in [0.4, 0.5) is 9.59 Å². The summed E-state index contributed by atoms with van der Waals surface area (Å²) in [4.78, 5) is 44.8. The first-order valence-electron chi connectivity index (χ1n) is 19.1. The average molecular weight is 702 g/mol. The van der Waals surface area contributed by atoms with Crippen molar-refractivity contribution < 1.29 is 38.8 Å². The lowest BCUT2D eigenvalue weighted by Gasteiger charge is -2.40. The summed E-state index contributed by atoms with van der Waals surface area (Å²) in [6.45, 7) is 13.2. The molecule has 2 N–H and O–H groups in total. The molecule has 50 heavy (non-hydrogen) atoms. The normalized spacial score (nSPS) is 32.8. The predicted molar refractivity (Wildman–Crippen MR) is 192 cm³/mol. The highest BCUT2D eigenvalue weighted by Gasteiger charge is 2.37. The van der Waals surface area contributed by atoms with Crippen LogP contribution in [0.25, 0.3) is 0 Å². The molecular weight excluding hydrogens is 638 g/mol. The van der Waals surface area contributed by atoms with Crippen molar-refractivity contribution in [1.29, 1.82) is 0 Å². The van der Waals surface area contributed by atoms with Gasteiger partial charge in [0.25, 0.3) is 0 Å². The van der Waals surface area contributed by atoms with Crippen molar-refractivity contribution in [1.82, 2.24) is 14.7 Å². The van der Waals surface area contributed by atoms with E-state index < -0.39 is 36.0 Å². The number of piperazine rings is 1. The summed E-state index contributed by atoms with van der Waals surface area (Å²) in [5.74, 6) is -0.882. The van der Waals surface area contributed by atoms with Gasteiger partial charge in [-0.25, -0.2) is 9.59 Å². The highest BCUT2D eigenvalue weighted by Crippen LogP contribution is 2.28. The van der Waals surface area contributed by atoms with Crippen molar-refractivity contribution >= 4 is 18.2 Å². The molecule has 0 bridgehead atoms. The van der Waals surface area contributed by atoms with E-state index in [1.807, 2.05) is 52.0 Å². The molecule has 2 saturated heterocycles. The Kier molecular flexibility index (Phi) is 15.2. The third kappa shape index (κ3) is 11.8. The molecule has 0 radical (unpaired) electrons. The quantitative estimate of drug-likeness (QED) is 0.108. The number of carbonyl (C=O) groups is 3. The maximum absolute atomic E-state index is 13.4. The molecule has 1 unspecified atom stereocenters. The van der Waals surface area contributed by atoms with Gasteiger partial charge in [0.15, 0.2) is 6.10 Å². The zero-order valence-corrected chi connectivity index (χ0v) is 31.1. The zero-order chi connectivity index (χ0) is 36.3. The summed E-state index contributed by atoms with van der Waals surface area (Å²) in [7, 11) is 0. The second-order valence-electron chi connectivity index (χ2n) is 15.4. The fraction of sp³-hybridized carbons (Fsp3) is 0.769. The molecule has 4 aliphatic rings. The van der Waals surface area contributed by atoms with Gasteiger partial charge in [-0.1, -0.05) is 63.8 Å². The minimum Gasteiger partial charge on any atom is -0.457 e. The number of hydrogen-bond acceptors (Lipinski definition) is 9. The van der Waals surface area contributed by atoms with Crippen LogP contribution in [-0.2, 0) is 19.0 Å². The van der Waals surface area contributed by atoms with Gasteiger partial charge >= 0.3 is 18.2 Å². The first-order valence-corrected chi connectivity index (χ1v) is 19.1. The van der Waals surface area contributed by atoms with Crippen LogP contribution in [0.5, 0.6) is 0 Å². The van der Waals surface area contributed by atoms with Crippen LogP contribution in [0.1, 0.15) is 105 Å². The summed E-state index contributed by atoms with van der Waals surface area (Å²) in [6.07, 6.45) is 15.5. The molecule has 282 valence electrons. The molecule has 0 spiro atoms. The van der Waals surface area contributed by atoms with Crippen molar-refractivity contribution in [3.05, 3.63) is 36.0 Å². The molecule has 1 aliphatic carbocycles. The number of ether oxygens (including phenoxy) is 3. The SMILES string of the molecule is C/C(=C\C=C\C(C)COC(=O)N1CCC[C@@H]1C)[C@H]1OC(=O)C[C@@H](O)CC[C@](C)(O)[C@@H](OC(=O)N2CCN(C3CCCCCC3)CC2)/C=C/[C@@H]1C. The molecule has 11 heteroatoms. The number of amides is 2. The number of allylic oxidation sites excluding steroid dienone is 2. The largest absolute Gasteiger partial charge is 0.457 e. The molecule has 4 rings (SSSR count). The fourth-order valence-corrected chi connectivity index (χ4v) is 7.56. The van der Waals surface area contributed by atoms with Gasteiger partial charge in [0.2, 0.25) is 0 Å². The Hall–Kier alpha value is -2.89. The molecule has 0 aromatic heterocycles. The van der Waals surface area contributed by atoms with Crippen molar-refractivity contribution in [3.8, 4) is 0 Å². The van der Waals surface area contributed by atoms with Gasteiger partial charge in [0.05, 0.1) is 19.1 Å². The number of carbonyl (C=O) groups excluding carboxylic acids is 3. The zero-order valence-electron chi connectivity index (χ0n) is 31.1. The molecule has 1 saturated carbocycles. The maximum Gasteiger partial charge on any atom is 0.410 e. The number of hydrogen-bond donors (Lipinski definition) is 2. The van der Waals surface area contributed by atoms with E-state index in [0.717, 1.165) is 38.0 Å². The van der Waals surface area contributed by atoms with Gasteiger partial charge in [0.1, 0.15) is 11.7 Å². The maximum atomic E-state index is 13.4. The molecule has 3 heterocycles. The molecule has 7 atom stereocenters. The summed E-state index contributed by atoms with van der Waals surface area (Å²) in [6, 6.07) is 0.792. The standard InChI is InChI=1S/C39H63N3O8/c1-28(27-48-38(46)42-21-11-14-31(42)4)12-10-13-29(2)36-30(3)17-18-34(39(5,47)20-19-33(43)26-35(44)50-36)49-37(45)41-24-22-40(23-25-41)32-15-8-6-7-9-16-32/h10,12-13,17-18,28,30-34,36,43,47H,6-9,11,14-16,19-27H2,1-5H3/b12-10+,18-17+,29-13+/t28?,30-,31-,33-,34-,36+,39-/m0/s1. The second kappa shape index (κ2) is 19.1. The van der Waals surface area contributed by atoms with Gasteiger partial charge in [-0.3, -0.25) is 9.69 Å². The van der Waals surface area contributed by atoms with Crippen LogP contribution in [0, 0.1) is 11.8 Å². The third-order valence-corrected chi connectivity index (χ3v) is 11.0. The number of nitrogens with zero attached hydrogens (tertiary/aromatic N) is 3. The molecule has 11 nitrogen and oxygen atoms in total. The molecule has 0 aromatic rings. The number of aliphatic hydroxyl groups excluding tert-OH is 1. The van der Waals surface area contributed by atoms with E-state index in [0.29, 0.717) is 19.1 Å². The second-order valence-corrected chi connectivity index (χ2v) is 15.4. The first-order chi connectivity index (χ1) is 23.8. The van der Waals surface area contributed by atoms with E-state index in [9.17, 15) is 24.6 Å². The van der Waals surface area contributed by atoms with E-state index in [4.69, 9.17) is 14.2 Å². The van der Waals surface area contributed by atoms with Crippen molar-refractivity contribution in [2.24, 2.45) is 11.8 Å². The van der Waals surface area contributed by atoms with Crippen molar-refractivity contribution in [2.45, 2.75) is 141 Å². The van der Waals surface area contributed by atoms with Gasteiger partial charge in [-0.05, 0) is 70.9 Å². The number of aliphatic hydroxyl groups is 2. The lowest BCUT2D eigenvalue weighted by Crippen LogP contribution is -2.53. The number of likely N-dealkylation sites (tertiary alicyclic amines) is 1. The van der Waals surface area contributed by atoms with Crippen LogP contribution in [0.3, 0.4) is 0 Å². The number of rotatable bonds is 7. The van der Waals surface area contributed by atoms with Crippen LogP contribution >= 0.6 is 0 Å². The van der Waals surface area contributed by atoms with Crippen molar-refractivity contribution in [3.63, 3.8) is 0 Å². The van der Waals surface area contributed by atoms with E-state index in [2.05, 4.69) is 4.90 Å². The van der Waals surface area contributed by atoms with Crippen LogP contribution in [-0.4, -0.2) is 118 Å². The predicted octanol–water partition coefficient (Wildman–Crippen LogP) is 5.99. The highest BCUT2D eigenvalue weighted by molar-refractivity contribution is 5.70. The van der Waals surface area contributed by atoms with Gasteiger partial charge in [-0.2, -0.15) is 0 Å². The van der Waals surface area contributed by atoms with Crippen molar-refractivity contribution in [2.75, 3.05) is 39.3 Å². The summed E-state index contributed by atoms with van der Waals surface area (Å²) in [5, 5.41) is 22.2. The first kappa shape index (κ1) is 39.9. The van der Waals surface area contributed by atoms with Gasteiger partial charge < -0.3 is 34.2 Å². The van der Waals surface area contributed by atoms with Crippen LogP contribution in [0.15, 0.2) is 36.0 Å². The lowest BCUT2D eigenvalue weighted by atomic mass is 9.89. The number of esters is 1. The van der Waals surface area contributed by atoms with Crippen LogP contribution in [0.2, 0.25) is 0 Å². The van der Waals surface area contributed by atoms with Crippen LogP contribution < -0.4 is 0 Å². The van der Waals surface area contributed by atoms with E-state index in [1.54, 1.807) is 22.8 Å². The average Bonchev–Trinajstić information content (AvgIpc) is 3.33. The Morgan fingerprint density at radius 1 is 1.00 bits per heavy atom. The lowest BCUT2D eigenvalue weighted by molar-refractivity contribution is -0.151. The minimum absolute atomic E-state index is 0.0234. The molecule has 0 aromatic carbocycles. The summed E-state index contributed by atoms with van der Waals surface area (Å²) < 4.78 is 17.4. The Morgan fingerprint density at radius 2 is 1.70 bits per heavy atom. The highest BCUT2D eigenvalue weighted by atomic mass is 16.6. The number of cyclic esters (lactones) is 1. The molecule has 3 aliphatic heterocycles. The topological polar surface area (TPSA) is 129 Å². The third-order valence-electron chi connectivity index (χ3n) is 11.0. The Balaban J connectivity index is 1.39. The summed E-state index contributed by atoms with van der Waals surface area (Å²) >= 11 is 0. The molecule has 3 fully saturated rings. The van der Waals surface area contributed by atoms with Gasteiger partial charge in [0, 0.05) is 56.6 Å². The van der Waals surface area contributed by atoms with E-state index in [1.165, 1.54) is 38.5 Å². The summed E-state index contributed by atoms with van der Waals surface area (Å²) in [5.41, 5.74) is -0.687. The Morgan fingerprint density at radius 3 is 2.36 bits per heavy atom. The smallest absolute Gasteiger partial charge is 0.410 e.